The lowest BCUT2D eigenvalue weighted by Gasteiger charge is -2.30. The van der Waals surface area contributed by atoms with Crippen molar-refractivity contribution in [2.24, 2.45) is 0 Å². The molecule has 0 aliphatic heterocycles. The summed E-state index contributed by atoms with van der Waals surface area (Å²) >= 11 is 0. The summed E-state index contributed by atoms with van der Waals surface area (Å²) in [5.74, 6) is 0.524. The highest BCUT2D eigenvalue weighted by molar-refractivity contribution is 5.20. The van der Waals surface area contributed by atoms with E-state index < -0.39 is 0 Å². The van der Waals surface area contributed by atoms with Gasteiger partial charge in [-0.25, -0.2) is 0 Å². The first-order valence-corrected chi connectivity index (χ1v) is 7.83. The van der Waals surface area contributed by atoms with Crippen molar-refractivity contribution in [1.29, 1.82) is 0 Å². The van der Waals surface area contributed by atoms with E-state index in [9.17, 15) is 0 Å². The second kappa shape index (κ2) is 8.43. The summed E-state index contributed by atoms with van der Waals surface area (Å²) in [5.41, 5.74) is 1.37. The highest BCUT2D eigenvalue weighted by Crippen LogP contribution is 2.25. The molecule has 0 saturated heterocycles. The van der Waals surface area contributed by atoms with Crippen LogP contribution in [0.1, 0.15) is 58.4 Å². The Labute approximate surface area is 124 Å². The molecule has 0 aliphatic carbocycles. The molecule has 20 heavy (non-hydrogen) atoms. The molecule has 2 nitrogen and oxygen atoms in total. The van der Waals surface area contributed by atoms with Crippen LogP contribution in [0.3, 0.4) is 0 Å². The highest BCUT2D eigenvalue weighted by Gasteiger charge is 2.23. The van der Waals surface area contributed by atoms with Gasteiger partial charge >= 0.3 is 0 Å². The molecule has 1 N–H and O–H groups in total. The molecule has 2 unspecified atom stereocenters. The quantitative estimate of drug-likeness (QED) is 0.724. The number of hydrogen-bond donors (Lipinski definition) is 1. The topological polar surface area (TPSA) is 21.3 Å². The van der Waals surface area contributed by atoms with E-state index in [1.165, 1.54) is 12.0 Å². The monoisotopic (exact) mass is 277 g/mol. The molecule has 0 bridgehead atoms. The van der Waals surface area contributed by atoms with E-state index >= 15 is 0 Å². The smallest absolute Gasteiger partial charge is 0.0623 e. The minimum absolute atomic E-state index is 0.0391. The summed E-state index contributed by atoms with van der Waals surface area (Å²) in [5, 5.41) is 3.71. The van der Waals surface area contributed by atoms with E-state index in [1.807, 2.05) is 0 Å². The van der Waals surface area contributed by atoms with Gasteiger partial charge < -0.3 is 10.1 Å². The molecule has 0 spiro atoms. The fourth-order valence-corrected chi connectivity index (χ4v) is 2.45. The van der Waals surface area contributed by atoms with Gasteiger partial charge in [-0.1, -0.05) is 44.2 Å². The fourth-order valence-electron chi connectivity index (χ4n) is 2.45. The molecule has 2 atom stereocenters. The van der Waals surface area contributed by atoms with Crippen molar-refractivity contribution < 1.29 is 4.74 Å². The molecule has 1 rings (SSSR count). The Balaban J connectivity index is 2.68. The van der Waals surface area contributed by atoms with Crippen LogP contribution in [0.15, 0.2) is 30.3 Å². The fraction of sp³-hybridized carbons (Fsp3) is 0.667. The minimum Gasteiger partial charge on any atom is -0.379 e. The van der Waals surface area contributed by atoms with Crippen LogP contribution in [0.4, 0.5) is 0 Å². The summed E-state index contributed by atoms with van der Waals surface area (Å²) in [6, 6.07) is 11.3. The standard InChI is InChI=1S/C18H31NO/c1-6-14-19-17(12-13-18(3,4)20-5)15(2)16-10-8-7-9-11-16/h7-11,15,17,19H,6,12-14H2,1-5H3. The SMILES string of the molecule is CCCNC(CCC(C)(C)OC)C(C)c1ccccc1. The van der Waals surface area contributed by atoms with Gasteiger partial charge in [-0.3, -0.25) is 0 Å². The summed E-state index contributed by atoms with van der Waals surface area (Å²) in [4.78, 5) is 0. The zero-order valence-corrected chi connectivity index (χ0v) is 13.8. The molecule has 1 aromatic carbocycles. The Kier molecular flexibility index (Phi) is 7.25. The normalized spacial score (nSPS) is 15.1. The Morgan fingerprint density at radius 1 is 1.20 bits per heavy atom. The van der Waals surface area contributed by atoms with Crippen LogP contribution in [-0.2, 0) is 4.74 Å². The maximum Gasteiger partial charge on any atom is 0.0623 e. The average Bonchev–Trinajstić information content (AvgIpc) is 2.47. The van der Waals surface area contributed by atoms with E-state index in [0.717, 1.165) is 19.4 Å². The van der Waals surface area contributed by atoms with Gasteiger partial charge in [0.15, 0.2) is 0 Å². The number of rotatable bonds is 9. The lowest BCUT2D eigenvalue weighted by Crippen LogP contribution is -2.36. The van der Waals surface area contributed by atoms with E-state index in [1.54, 1.807) is 7.11 Å². The van der Waals surface area contributed by atoms with Gasteiger partial charge in [0.25, 0.3) is 0 Å². The van der Waals surface area contributed by atoms with Gasteiger partial charge in [0, 0.05) is 13.2 Å². The van der Waals surface area contributed by atoms with Crippen molar-refractivity contribution in [2.75, 3.05) is 13.7 Å². The molecule has 0 fully saturated rings. The highest BCUT2D eigenvalue weighted by atomic mass is 16.5. The van der Waals surface area contributed by atoms with Crippen LogP contribution in [0.5, 0.6) is 0 Å². The third-order valence-electron chi connectivity index (χ3n) is 4.20. The van der Waals surface area contributed by atoms with Gasteiger partial charge in [0.1, 0.15) is 0 Å². The van der Waals surface area contributed by atoms with E-state index in [0.29, 0.717) is 12.0 Å². The zero-order valence-electron chi connectivity index (χ0n) is 13.8. The number of ether oxygens (including phenoxy) is 1. The van der Waals surface area contributed by atoms with Crippen LogP contribution in [0.25, 0.3) is 0 Å². The van der Waals surface area contributed by atoms with E-state index in [4.69, 9.17) is 4.74 Å². The number of hydrogen-bond acceptors (Lipinski definition) is 2. The number of benzene rings is 1. The van der Waals surface area contributed by atoms with Crippen molar-refractivity contribution in [3.63, 3.8) is 0 Å². The van der Waals surface area contributed by atoms with Crippen molar-refractivity contribution in [2.45, 2.75) is 64.5 Å². The lowest BCUT2D eigenvalue weighted by atomic mass is 9.87. The van der Waals surface area contributed by atoms with Crippen LogP contribution in [-0.4, -0.2) is 25.3 Å². The zero-order chi connectivity index (χ0) is 15.0. The third kappa shape index (κ3) is 5.64. The molecular weight excluding hydrogens is 246 g/mol. The molecule has 114 valence electrons. The van der Waals surface area contributed by atoms with Crippen molar-refractivity contribution in [3.05, 3.63) is 35.9 Å². The molecule has 0 amide bonds. The Hall–Kier alpha value is -0.860. The largest absolute Gasteiger partial charge is 0.379 e. The predicted octanol–water partition coefficient (Wildman–Crippen LogP) is 4.36. The van der Waals surface area contributed by atoms with Crippen molar-refractivity contribution >= 4 is 0 Å². The molecule has 0 heterocycles. The minimum atomic E-state index is -0.0391. The summed E-state index contributed by atoms with van der Waals surface area (Å²) in [6.45, 7) is 9.95. The number of nitrogens with one attached hydrogen (secondary N) is 1. The van der Waals surface area contributed by atoms with E-state index in [-0.39, 0.29) is 5.60 Å². The predicted molar refractivity (Wildman–Crippen MR) is 87.3 cm³/mol. The van der Waals surface area contributed by atoms with Gasteiger partial charge in [0.05, 0.1) is 5.60 Å². The number of methoxy groups -OCH3 is 1. The second-order valence-corrected chi connectivity index (χ2v) is 6.26. The molecule has 0 aromatic heterocycles. The first-order valence-electron chi connectivity index (χ1n) is 7.83. The Morgan fingerprint density at radius 2 is 1.85 bits per heavy atom. The molecule has 0 radical (unpaired) electrons. The Morgan fingerprint density at radius 3 is 2.40 bits per heavy atom. The summed E-state index contributed by atoms with van der Waals surface area (Å²) < 4.78 is 5.55. The lowest BCUT2D eigenvalue weighted by molar-refractivity contribution is 0.0112. The van der Waals surface area contributed by atoms with Crippen LogP contribution >= 0.6 is 0 Å². The molecule has 1 aromatic rings. The second-order valence-electron chi connectivity index (χ2n) is 6.26. The Bertz CT molecular complexity index is 361. The average molecular weight is 277 g/mol. The van der Waals surface area contributed by atoms with E-state index in [2.05, 4.69) is 63.3 Å². The summed E-state index contributed by atoms with van der Waals surface area (Å²) in [7, 11) is 1.80. The molecule has 0 saturated carbocycles. The summed E-state index contributed by atoms with van der Waals surface area (Å²) in [6.07, 6.45) is 3.38. The van der Waals surface area contributed by atoms with Gasteiger partial charge in [0.2, 0.25) is 0 Å². The van der Waals surface area contributed by atoms with Crippen molar-refractivity contribution in [1.82, 2.24) is 5.32 Å². The van der Waals surface area contributed by atoms with Gasteiger partial charge in [-0.15, -0.1) is 0 Å². The molecule has 2 heteroatoms. The molecular formula is C18H31NO. The van der Waals surface area contributed by atoms with Gasteiger partial charge in [-0.05, 0) is 51.1 Å². The maximum atomic E-state index is 5.55. The van der Waals surface area contributed by atoms with Crippen LogP contribution < -0.4 is 5.32 Å². The first-order chi connectivity index (χ1) is 9.50. The maximum absolute atomic E-state index is 5.55. The van der Waals surface area contributed by atoms with Gasteiger partial charge in [-0.2, -0.15) is 0 Å². The van der Waals surface area contributed by atoms with Crippen LogP contribution in [0, 0.1) is 0 Å². The van der Waals surface area contributed by atoms with Crippen molar-refractivity contribution in [3.8, 4) is 0 Å². The first kappa shape index (κ1) is 17.2. The van der Waals surface area contributed by atoms with Crippen LogP contribution in [0.2, 0.25) is 0 Å². The molecule has 0 aliphatic rings. The third-order valence-corrected chi connectivity index (χ3v) is 4.20.